The summed E-state index contributed by atoms with van der Waals surface area (Å²) in [7, 11) is -3.57. The lowest BCUT2D eigenvalue weighted by atomic mass is 9.97. The van der Waals surface area contributed by atoms with Gasteiger partial charge in [-0.15, -0.1) is 0 Å². The first-order valence-electron chi connectivity index (χ1n) is 9.17. The van der Waals surface area contributed by atoms with Crippen LogP contribution >= 0.6 is 0 Å². The fourth-order valence-electron chi connectivity index (χ4n) is 3.01. The maximum absolute atomic E-state index is 12.9. The first-order chi connectivity index (χ1) is 13.0. The van der Waals surface area contributed by atoms with Crippen molar-refractivity contribution in [1.82, 2.24) is 4.72 Å². The minimum absolute atomic E-state index is 0.161. The van der Waals surface area contributed by atoms with Crippen molar-refractivity contribution in [2.45, 2.75) is 31.2 Å². The van der Waals surface area contributed by atoms with Gasteiger partial charge in [-0.2, -0.15) is 0 Å². The van der Waals surface area contributed by atoms with Gasteiger partial charge in [0.05, 0.1) is 4.90 Å². The number of nitrogens with one attached hydrogen (secondary N) is 1. The van der Waals surface area contributed by atoms with Crippen LogP contribution in [0.1, 0.15) is 19.4 Å². The molecular formula is C23H25NO2S. The summed E-state index contributed by atoms with van der Waals surface area (Å²) in [6.45, 7) is 4.07. The van der Waals surface area contributed by atoms with Gasteiger partial charge in [-0.3, -0.25) is 0 Å². The lowest BCUT2D eigenvalue weighted by Crippen LogP contribution is -2.40. The fraction of sp³-hybridized carbons (Fsp3) is 0.217. The Morgan fingerprint density at radius 1 is 0.741 bits per heavy atom. The van der Waals surface area contributed by atoms with Crippen LogP contribution < -0.4 is 4.72 Å². The SMILES string of the molecule is CC(C)C(Cc1ccccc1)NS(=O)(=O)c1ccc(-c2ccccc2)cc1. The average molecular weight is 380 g/mol. The van der Waals surface area contributed by atoms with Gasteiger partial charge in [-0.1, -0.05) is 86.6 Å². The maximum atomic E-state index is 12.9. The molecule has 0 amide bonds. The van der Waals surface area contributed by atoms with Crippen LogP contribution in [-0.2, 0) is 16.4 Å². The molecule has 3 rings (SSSR count). The quantitative estimate of drug-likeness (QED) is 0.635. The van der Waals surface area contributed by atoms with Crippen molar-refractivity contribution in [3.63, 3.8) is 0 Å². The van der Waals surface area contributed by atoms with E-state index >= 15 is 0 Å². The van der Waals surface area contributed by atoms with Gasteiger partial charge in [0.15, 0.2) is 0 Å². The smallest absolute Gasteiger partial charge is 0.207 e. The molecule has 0 radical (unpaired) electrons. The van der Waals surface area contributed by atoms with Crippen molar-refractivity contribution in [3.8, 4) is 11.1 Å². The Hall–Kier alpha value is -2.43. The van der Waals surface area contributed by atoms with Gasteiger partial charge in [0, 0.05) is 6.04 Å². The Labute approximate surface area is 162 Å². The largest absolute Gasteiger partial charge is 0.240 e. The highest BCUT2D eigenvalue weighted by Crippen LogP contribution is 2.22. The van der Waals surface area contributed by atoms with Crippen LogP contribution in [0.2, 0.25) is 0 Å². The third kappa shape index (κ3) is 5.06. The Bertz CT molecular complexity index is 950. The van der Waals surface area contributed by atoms with Gasteiger partial charge >= 0.3 is 0 Å². The van der Waals surface area contributed by atoms with Crippen LogP contribution in [0.5, 0.6) is 0 Å². The van der Waals surface area contributed by atoms with Gasteiger partial charge in [-0.25, -0.2) is 13.1 Å². The third-order valence-electron chi connectivity index (χ3n) is 4.68. The summed E-state index contributed by atoms with van der Waals surface area (Å²) in [4.78, 5) is 0.292. The lowest BCUT2D eigenvalue weighted by molar-refractivity contribution is 0.445. The van der Waals surface area contributed by atoms with Crippen LogP contribution in [0.4, 0.5) is 0 Å². The topological polar surface area (TPSA) is 46.2 Å². The van der Waals surface area contributed by atoms with Crippen LogP contribution in [0, 0.1) is 5.92 Å². The Kier molecular flexibility index (Phi) is 6.09. The Balaban J connectivity index is 1.78. The molecule has 0 heterocycles. The van der Waals surface area contributed by atoms with E-state index in [4.69, 9.17) is 0 Å². The minimum Gasteiger partial charge on any atom is -0.207 e. The van der Waals surface area contributed by atoms with Gasteiger partial charge in [0.1, 0.15) is 0 Å². The van der Waals surface area contributed by atoms with Gasteiger partial charge in [0.2, 0.25) is 10.0 Å². The van der Waals surface area contributed by atoms with E-state index in [1.807, 2.05) is 86.6 Å². The van der Waals surface area contributed by atoms with Gasteiger partial charge in [-0.05, 0) is 41.2 Å². The number of rotatable bonds is 7. The molecule has 0 fully saturated rings. The Morgan fingerprint density at radius 2 is 1.26 bits per heavy atom. The highest BCUT2D eigenvalue weighted by atomic mass is 32.2. The van der Waals surface area contributed by atoms with E-state index in [1.165, 1.54) is 0 Å². The van der Waals surface area contributed by atoms with E-state index in [0.29, 0.717) is 11.3 Å². The predicted octanol–water partition coefficient (Wildman–Crippen LogP) is 4.90. The second-order valence-electron chi connectivity index (χ2n) is 7.05. The molecule has 0 aliphatic rings. The maximum Gasteiger partial charge on any atom is 0.240 e. The molecule has 1 N–H and O–H groups in total. The molecule has 0 aliphatic heterocycles. The van der Waals surface area contributed by atoms with Crippen LogP contribution in [0.25, 0.3) is 11.1 Å². The van der Waals surface area contributed by atoms with Gasteiger partial charge < -0.3 is 0 Å². The minimum atomic E-state index is -3.57. The molecule has 1 atom stereocenters. The fourth-order valence-corrected chi connectivity index (χ4v) is 4.39. The van der Waals surface area contributed by atoms with Crippen molar-refractivity contribution < 1.29 is 8.42 Å². The molecular weight excluding hydrogens is 354 g/mol. The van der Waals surface area contributed by atoms with Crippen molar-refractivity contribution >= 4 is 10.0 Å². The molecule has 3 aromatic carbocycles. The van der Waals surface area contributed by atoms with E-state index < -0.39 is 10.0 Å². The zero-order valence-corrected chi connectivity index (χ0v) is 16.5. The van der Waals surface area contributed by atoms with E-state index in [1.54, 1.807) is 12.1 Å². The molecule has 0 aliphatic carbocycles. The van der Waals surface area contributed by atoms with E-state index in [0.717, 1.165) is 16.7 Å². The van der Waals surface area contributed by atoms with Gasteiger partial charge in [0.25, 0.3) is 0 Å². The van der Waals surface area contributed by atoms with Crippen molar-refractivity contribution in [2.75, 3.05) is 0 Å². The number of benzene rings is 3. The normalized spacial score (nSPS) is 12.9. The molecule has 0 spiro atoms. The number of hydrogen-bond acceptors (Lipinski definition) is 2. The summed E-state index contributed by atoms with van der Waals surface area (Å²) >= 11 is 0. The highest BCUT2D eigenvalue weighted by Gasteiger charge is 2.22. The first-order valence-corrected chi connectivity index (χ1v) is 10.7. The number of hydrogen-bond donors (Lipinski definition) is 1. The molecule has 140 valence electrons. The predicted molar refractivity (Wildman–Crippen MR) is 111 cm³/mol. The second kappa shape index (κ2) is 8.51. The molecule has 0 bridgehead atoms. The van der Waals surface area contributed by atoms with E-state index in [9.17, 15) is 8.42 Å². The molecule has 4 heteroatoms. The monoisotopic (exact) mass is 379 g/mol. The van der Waals surface area contributed by atoms with Crippen molar-refractivity contribution in [1.29, 1.82) is 0 Å². The van der Waals surface area contributed by atoms with Crippen molar-refractivity contribution in [3.05, 3.63) is 90.5 Å². The molecule has 1 unspecified atom stereocenters. The summed E-state index contributed by atoms with van der Waals surface area (Å²) in [5, 5.41) is 0. The zero-order chi connectivity index (χ0) is 19.3. The molecule has 0 aromatic heterocycles. The molecule has 27 heavy (non-hydrogen) atoms. The van der Waals surface area contributed by atoms with Crippen LogP contribution in [0.15, 0.2) is 89.8 Å². The standard InChI is InChI=1S/C23H25NO2S/c1-18(2)23(17-19-9-5-3-6-10-19)24-27(25,26)22-15-13-21(14-16-22)20-11-7-4-8-12-20/h3-16,18,23-24H,17H2,1-2H3. The molecule has 0 saturated heterocycles. The summed E-state index contributed by atoms with van der Waals surface area (Å²) in [5.74, 6) is 0.184. The molecule has 3 aromatic rings. The van der Waals surface area contributed by atoms with E-state index in [-0.39, 0.29) is 12.0 Å². The van der Waals surface area contributed by atoms with Crippen molar-refractivity contribution in [2.24, 2.45) is 5.92 Å². The Morgan fingerprint density at radius 3 is 1.81 bits per heavy atom. The highest BCUT2D eigenvalue weighted by molar-refractivity contribution is 7.89. The summed E-state index contributed by atoms with van der Waals surface area (Å²) in [5.41, 5.74) is 3.19. The zero-order valence-electron chi connectivity index (χ0n) is 15.7. The van der Waals surface area contributed by atoms with Crippen LogP contribution in [0.3, 0.4) is 0 Å². The second-order valence-corrected chi connectivity index (χ2v) is 8.77. The number of sulfonamides is 1. The first kappa shape index (κ1) is 19.3. The third-order valence-corrected chi connectivity index (χ3v) is 6.19. The molecule has 3 nitrogen and oxygen atoms in total. The summed E-state index contributed by atoms with van der Waals surface area (Å²) in [6, 6.07) is 26.8. The summed E-state index contributed by atoms with van der Waals surface area (Å²) in [6.07, 6.45) is 0.667. The molecule has 0 saturated carbocycles. The lowest BCUT2D eigenvalue weighted by Gasteiger charge is -2.22. The van der Waals surface area contributed by atoms with E-state index in [2.05, 4.69) is 4.72 Å². The average Bonchev–Trinajstić information content (AvgIpc) is 2.69. The van der Waals surface area contributed by atoms with Crippen LogP contribution in [-0.4, -0.2) is 14.5 Å². The summed E-state index contributed by atoms with van der Waals surface area (Å²) < 4.78 is 28.6.